The molecule has 0 aliphatic heterocycles. The van der Waals surface area contributed by atoms with Gasteiger partial charge in [0.1, 0.15) is 11.6 Å². The standard InChI is InChI=1S/C22H23F2N3O3S/c1-2-30-11-5-10-27-21(29)17-6-3-4-7-19(17)26-22(27)31-14-20(28)25-13-15-8-9-16(23)12-18(15)24/h3-4,6-9,12H,2,5,10-11,13-14H2,1H3,(H,25,28). The van der Waals surface area contributed by atoms with Gasteiger partial charge in [0.05, 0.1) is 16.7 Å². The van der Waals surface area contributed by atoms with E-state index in [0.717, 1.165) is 23.9 Å². The van der Waals surface area contributed by atoms with Crippen molar-refractivity contribution in [2.45, 2.75) is 31.6 Å². The van der Waals surface area contributed by atoms with Gasteiger partial charge in [-0.3, -0.25) is 14.2 Å². The first kappa shape index (κ1) is 22.9. The van der Waals surface area contributed by atoms with Crippen molar-refractivity contribution in [3.05, 3.63) is 70.0 Å². The molecule has 0 saturated heterocycles. The lowest BCUT2D eigenvalue weighted by molar-refractivity contribution is -0.118. The van der Waals surface area contributed by atoms with Crippen LogP contribution in [0.25, 0.3) is 10.9 Å². The molecule has 1 amide bonds. The minimum absolute atomic E-state index is 0.000939. The molecule has 9 heteroatoms. The van der Waals surface area contributed by atoms with Crippen LogP contribution in [0.1, 0.15) is 18.9 Å². The quantitative estimate of drug-likeness (QED) is 0.293. The fourth-order valence-corrected chi connectivity index (χ4v) is 3.82. The molecule has 164 valence electrons. The van der Waals surface area contributed by atoms with Crippen molar-refractivity contribution in [3.8, 4) is 0 Å². The molecule has 0 unspecified atom stereocenters. The van der Waals surface area contributed by atoms with Crippen LogP contribution in [0.15, 0.2) is 52.4 Å². The second-order valence-electron chi connectivity index (χ2n) is 6.72. The molecule has 0 aliphatic carbocycles. The van der Waals surface area contributed by atoms with Crippen LogP contribution in [0.4, 0.5) is 8.78 Å². The van der Waals surface area contributed by atoms with Crippen LogP contribution in [0.3, 0.4) is 0 Å². The molecule has 0 fully saturated rings. The van der Waals surface area contributed by atoms with Crippen LogP contribution >= 0.6 is 11.8 Å². The molecule has 0 spiro atoms. The molecule has 1 aromatic heterocycles. The lowest BCUT2D eigenvalue weighted by Gasteiger charge is -2.13. The molecule has 0 saturated carbocycles. The number of ether oxygens (including phenoxy) is 1. The van der Waals surface area contributed by atoms with Crippen LogP contribution in [0.5, 0.6) is 0 Å². The average molecular weight is 448 g/mol. The Morgan fingerprint density at radius 1 is 1.23 bits per heavy atom. The summed E-state index contributed by atoms with van der Waals surface area (Å²) in [6.45, 7) is 3.38. The summed E-state index contributed by atoms with van der Waals surface area (Å²) in [6.07, 6.45) is 0.636. The summed E-state index contributed by atoms with van der Waals surface area (Å²) in [5.41, 5.74) is 0.583. The summed E-state index contributed by atoms with van der Waals surface area (Å²) in [5.74, 6) is -1.74. The number of nitrogens with one attached hydrogen (secondary N) is 1. The predicted octanol–water partition coefficient (Wildman–Crippen LogP) is 3.51. The van der Waals surface area contributed by atoms with Crippen LogP contribution in [-0.2, 0) is 22.6 Å². The fourth-order valence-electron chi connectivity index (χ4n) is 2.96. The number of hydrogen-bond acceptors (Lipinski definition) is 5. The minimum Gasteiger partial charge on any atom is -0.382 e. The van der Waals surface area contributed by atoms with E-state index in [2.05, 4.69) is 10.3 Å². The molecule has 2 aromatic carbocycles. The fraction of sp³-hybridized carbons (Fsp3) is 0.318. The van der Waals surface area contributed by atoms with Crippen molar-refractivity contribution < 1.29 is 18.3 Å². The number of carbonyl (C=O) groups excluding carboxylic acids is 1. The Morgan fingerprint density at radius 2 is 2.03 bits per heavy atom. The van der Waals surface area contributed by atoms with Crippen molar-refractivity contribution in [2.75, 3.05) is 19.0 Å². The zero-order valence-electron chi connectivity index (χ0n) is 17.1. The molecular weight excluding hydrogens is 424 g/mol. The first-order valence-electron chi connectivity index (χ1n) is 9.90. The van der Waals surface area contributed by atoms with Crippen LogP contribution < -0.4 is 10.9 Å². The van der Waals surface area contributed by atoms with E-state index in [1.165, 1.54) is 6.07 Å². The number of amides is 1. The van der Waals surface area contributed by atoms with Crippen molar-refractivity contribution in [2.24, 2.45) is 0 Å². The number of carbonyl (C=O) groups is 1. The van der Waals surface area contributed by atoms with Crippen molar-refractivity contribution in [3.63, 3.8) is 0 Å². The number of thioether (sulfide) groups is 1. The van der Waals surface area contributed by atoms with Gasteiger partial charge in [0.2, 0.25) is 5.91 Å². The summed E-state index contributed by atoms with van der Waals surface area (Å²) in [5, 5.41) is 3.55. The number of fused-ring (bicyclic) bond motifs is 1. The van der Waals surface area contributed by atoms with Gasteiger partial charge in [-0.15, -0.1) is 0 Å². The summed E-state index contributed by atoms with van der Waals surface area (Å²) < 4.78 is 33.6. The third kappa shape index (κ3) is 6.11. The van der Waals surface area contributed by atoms with Gasteiger partial charge in [-0.1, -0.05) is 30.0 Å². The van der Waals surface area contributed by atoms with E-state index >= 15 is 0 Å². The third-order valence-electron chi connectivity index (χ3n) is 4.52. The Hall–Kier alpha value is -2.78. The Morgan fingerprint density at radius 3 is 2.81 bits per heavy atom. The van der Waals surface area contributed by atoms with Crippen LogP contribution in [0, 0.1) is 11.6 Å². The van der Waals surface area contributed by atoms with Gasteiger partial charge in [-0.05, 0) is 31.5 Å². The minimum atomic E-state index is -0.715. The second kappa shape index (κ2) is 11.0. The van der Waals surface area contributed by atoms with E-state index in [-0.39, 0.29) is 29.3 Å². The number of hydrogen-bond donors (Lipinski definition) is 1. The number of rotatable bonds is 10. The highest BCUT2D eigenvalue weighted by Crippen LogP contribution is 2.18. The maximum atomic E-state index is 13.7. The highest BCUT2D eigenvalue weighted by Gasteiger charge is 2.13. The number of benzene rings is 2. The third-order valence-corrected chi connectivity index (χ3v) is 5.50. The molecule has 6 nitrogen and oxygen atoms in total. The van der Waals surface area contributed by atoms with Gasteiger partial charge in [-0.2, -0.15) is 0 Å². The topological polar surface area (TPSA) is 73.2 Å². The van der Waals surface area contributed by atoms with Gasteiger partial charge in [0.15, 0.2) is 5.16 Å². The van der Waals surface area contributed by atoms with Crippen molar-refractivity contribution >= 4 is 28.6 Å². The van der Waals surface area contributed by atoms with E-state index in [0.29, 0.717) is 42.2 Å². The SMILES string of the molecule is CCOCCCn1c(SCC(=O)NCc2ccc(F)cc2F)nc2ccccc2c1=O. The number of aromatic nitrogens is 2. The summed E-state index contributed by atoms with van der Waals surface area (Å²) >= 11 is 1.13. The Kier molecular flexibility index (Phi) is 8.13. The highest BCUT2D eigenvalue weighted by atomic mass is 32.2. The predicted molar refractivity (Wildman–Crippen MR) is 116 cm³/mol. The van der Waals surface area contributed by atoms with E-state index in [4.69, 9.17) is 4.74 Å². The van der Waals surface area contributed by atoms with Crippen molar-refractivity contribution in [1.29, 1.82) is 0 Å². The van der Waals surface area contributed by atoms with E-state index in [1.807, 2.05) is 6.92 Å². The van der Waals surface area contributed by atoms with E-state index in [9.17, 15) is 18.4 Å². The smallest absolute Gasteiger partial charge is 0.262 e. The maximum Gasteiger partial charge on any atom is 0.262 e. The lowest BCUT2D eigenvalue weighted by atomic mass is 10.2. The van der Waals surface area contributed by atoms with Gasteiger partial charge < -0.3 is 10.1 Å². The monoisotopic (exact) mass is 447 g/mol. The molecular formula is C22H23F2N3O3S. The van der Waals surface area contributed by atoms with Crippen LogP contribution in [0.2, 0.25) is 0 Å². The summed E-state index contributed by atoms with van der Waals surface area (Å²) in [7, 11) is 0. The van der Waals surface area contributed by atoms with E-state index < -0.39 is 11.6 Å². The van der Waals surface area contributed by atoms with Crippen LogP contribution in [-0.4, -0.2) is 34.4 Å². The zero-order valence-corrected chi connectivity index (χ0v) is 17.9. The molecule has 0 bridgehead atoms. The number of nitrogens with zero attached hydrogens (tertiary/aromatic N) is 2. The molecule has 3 aromatic rings. The highest BCUT2D eigenvalue weighted by molar-refractivity contribution is 7.99. The molecule has 31 heavy (non-hydrogen) atoms. The number of para-hydroxylation sites is 1. The number of halogens is 2. The van der Waals surface area contributed by atoms with E-state index in [1.54, 1.807) is 28.8 Å². The maximum absolute atomic E-state index is 13.7. The molecule has 0 atom stereocenters. The average Bonchev–Trinajstić information content (AvgIpc) is 2.76. The zero-order chi connectivity index (χ0) is 22.2. The largest absolute Gasteiger partial charge is 0.382 e. The Labute approximate surface area is 182 Å². The van der Waals surface area contributed by atoms with Gasteiger partial charge >= 0.3 is 0 Å². The van der Waals surface area contributed by atoms with Gasteiger partial charge in [-0.25, -0.2) is 13.8 Å². The van der Waals surface area contributed by atoms with Crippen molar-refractivity contribution in [1.82, 2.24) is 14.9 Å². The molecule has 1 heterocycles. The first-order chi connectivity index (χ1) is 15.0. The first-order valence-corrected chi connectivity index (χ1v) is 10.9. The Bertz CT molecular complexity index is 1120. The molecule has 0 aliphatic rings. The second-order valence-corrected chi connectivity index (χ2v) is 7.66. The van der Waals surface area contributed by atoms with Gasteiger partial charge in [0, 0.05) is 37.9 Å². The van der Waals surface area contributed by atoms with Gasteiger partial charge in [0.25, 0.3) is 5.56 Å². The molecule has 0 radical (unpaired) electrons. The molecule has 1 N–H and O–H groups in total. The normalized spacial score (nSPS) is 11.1. The lowest BCUT2D eigenvalue weighted by Crippen LogP contribution is -2.27. The Balaban J connectivity index is 1.70. The summed E-state index contributed by atoms with van der Waals surface area (Å²) in [6, 6.07) is 10.3. The summed E-state index contributed by atoms with van der Waals surface area (Å²) in [4.78, 5) is 29.7. The molecule has 3 rings (SSSR count).